The number of hydrogen-bond acceptors (Lipinski definition) is 3. The van der Waals surface area contributed by atoms with E-state index in [9.17, 15) is 13.2 Å². The smallest absolute Gasteiger partial charge is 0.240 e. The number of benzene rings is 2. The van der Waals surface area contributed by atoms with Gasteiger partial charge in [0.2, 0.25) is 10.0 Å². The summed E-state index contributed by atoms with van der Waals surface area (Å²) in [4.78, 5) is 12.0. The maximum atomic E-state index is 12.1. The van der Waals surface area contributed by atoms with Crippen molar-refractivity contribution in [2.24, 2.45) is 0 Å². The molecule has 0 radical (unpaired) electrons. The SMILES string of the molecule is O=C(CNS(=O)(=O)c1ccc(CCl)cc1)c1ccccc1. The second-order valence-electron chi connectivity index (χ2n) is 4.39. The molecule has 0 aliphatic carbocycles. The van der Waals surface area contributed by atoms with Crippen molar-refractivity contribution in [3.8, 4) is 0 Å². The third-order valence-electron chi connectivity index (χ3n) is 2.91. The van der Waals surface area contributed by atoms with E-state index < -0.39 is 10.0 Å². The minimum Gasteiger partial charge on any atom is -0.293 e. The van der Waals surface area contributed by atoms with E-state index in [1.807, 2.05) is 0 Å². The molecule has 0 unspecified atom stereocenters. The predicted octanol–water partition coefficient (Wildman–Crippen LogP) is 2.59. The zero-order chi connectivity index (χ0) is 15.3. The Morgan fingerprint density at radius 1 is 1.00 bits per heavy atom. The highest BCUT2D eigenvalue weighted by molar-refractivity contribution is 7.89. The number of rotatable bonds is 6. The van der Waals surface area contributed by atoms with Crippen LogP contribution >= 0.6 is 11.6 Å². The molecule has 0 aliphatic heterocycles. The summed E-state index contributed by atoms with van der Waals surface area (Å²) in [6, 6.07) is 14.7. The maximum absolute atomic E-state index is 12.1. The number of halogens is 1. The standard InChI is InChI=1S/C15H14ClNO3S/c16-10-12-6-8-14(9-7-12)21(19,20)17-11-15(18)13-4-2-1-3-5-13/h1-9,17H,10-11H2. The van der Waals surface area contributed by atoms with Gasteiger partial charge in [0.15, 0.2) is 5.78 Å². The summed E-state index contributed by atoms with van der Waals surface area (Å²) in [7, 11) is -3.70. The summed E-state index contributed by atoms with van der Waals surface area (Å²) in [6.07, 6.45) is 0. The predicted molar refractivity (Wildman–Crippen MR) is 82.0 cm³/mol. The zero-order valence-corrected chi connectivity index (χ0v) is 12.7. The molecule has 2 rings (SSSR count). The van der Waals surface area contributed by atoms with Gasteiger partial charge in [-0.15, -0.1) is 11.6 Å². The number of alkyl halides is 1. The molecule has 6 heteroatoms. The average molecular weight is 324 g/mol. The summed E-state index contributed by atoms with van der Waals surface area (Å²) >= 11 is 5.65. The lowest BCUT2D eigenvalue weighted by molar-refractivity contribution is 0.0997. The third kappa shape index (κ3) is 4.14. The third-order valence-corrected chi connectivity index (χ3v) is 4.63. The maximum Gasteiger partial charge on any atom is 0.240 e. The fourth-order valence-electron chi connectivity index (χ4n) is 1.73. The first-order valence-electron chi connectivity index (χ1n) is 6.26. The topological polar surface area (TPSA) is 63.2 Å². The van der Waals surface area contributed by atoms with Crippen LogP contribution < -0.4 is 4.72 Å². The van der Waals surface area contributed by atoms with Crippen LogP contribution in [0.4, 0.5) is 0 Å². The molecule has 0 amide bonds. The van der Waals surface area contributed by atoms with Crippen LogP contribution in [0.15, 0.2) is 59.5 Å². The van der Waals surface area contributed by atoms with Crippen molar-refractivity contribution in [1.82, 2.24) is 4.72 Å². The van der Waals surface area contributed by atoms with Crippen molar-refractivity contribution in [2.45, 2.75) is 10.8 Å². The molecule has 4 nitrogen and oxygen atoms in total. The van der Waals surface area contributed by atoms with Crippen LogP contribution in [-0.2, 0) is 15.9 Å². The van der Waals surface area contributed by atoms with Gasteiger partial charge in [-0.1, -0.05) is 42.5 Å². The van der Waals surface area contributed by atoms with Crippen molar-refractivity contribution >= 4 is 27.4 Å². The second kappa shape index (κ2) is 6.85. The number of Topliss-reactive ketones (excluding diaryl/α,β-unsaturated/α-hetero) is 1. The molecule has 2 aromatic carbocycles. The number of hydrogen-bond donors (Lipinski definition) is 1. The van der Waals surface area contributed by atoms with E-state index in [1.54, 1.807) is 42.5 Å². The van der Waals surface area contributed by atoms with Crippen molar-refractivity contribution in [3.63, 3.8) is 0 Å². The van der Waals surface area contributed by atoms with E-state index in [1.165, 1.54) is 12.1 Å². The van der Waals surface area contributed by atoms with Crippen LogP contribution in [0.25, 0.3) is 0 Å². The van der Waals surface area contributed by atoms with Crippen LogP contribution in [0, 0.1) is 0 Å². The summed E-state index contributed by atoms with van der Waals surface area (Å²) in [5, 5.41) is 0. The molecule has 0 bridgehead atoms. The van der Waals surface area contributed by atoms with E-state index in [2.05, 4.69) is 4.72 Å². The first kappa shape index (κ1) is 15.7. The van der Waals surface area contributed by atoms with Gasteiger partial charge in [0.25, 0.3) is 0 Å². The monoisotopic (exact) mass is 323 g/mol. The van der Waals surface area contributed by atoms with Crippen molar-refractivity contribution in [3.05, 3.63) is 65.7 Å². The Bertz CT molecular complexity index is 712. The molecule has 2 aromatic rings. The quantitative estimate of drug-likeness (QED) is 0.656. The second-order valence-corrected chi connectivity index (χ2v) is 6.43. The summed E-state index contributed by atoms with van der Waals surface area (Å²) < 4.78 is 26.4. The molecule has 0 aliphatic rings. The van der Waals surface area contributed by atoms with E-state index in [0.717, 1.165) is 5.56 Å². The summed E-state index contributed by atoms with van der Waals surface area (Å²) in [5.74, 6) is 0.0387. The van der Waals surface area contributed by atoms with Crippen LogP contribution in [0.2, 0.25) is 0 Å². The van der Waals surface area contributed by atoms with Gasteiger partial charge in [-0.05, 0) is 17.7 Å². The number of carbonyl (C=O) groups is 1. The molecular formula is C15H14ClNO3S. The van der Waals surface area contributed by atoms with E-state index in [-0.39, 0.29) is 17.2 Å². The number of carbonyl (C=O) groups excluding carboxylic acids is 1. The Kier molecular flexibility index (Phi) is 5.12. The fraction of sp³-hybridized carbons (Fsp3) is 0.133. The molecule has 110 valence electrons. The molecular weight excluding hydrogens is 310 g/mol. The Balaban J connectivity index is 2.05. The van der Waals surface area contributed by atoms with Crippen molar-refractivity contribution in [2.75, 3.05) is 6.54 Å². The molecule has 0 atom stereocenters. The van der Waals surface area contributed by atoms with Crippen molar-refractivity contribution < 1.29 is 13.2 Å². The first-order chi connectivity index (χ1) is 10.0. The largest absolute Gasteiger partial charge is 0.293 e. The lowest BCUT2D eigenvalue weighted by Gasteiger charge is -2.07. The molecule has 0 aromatic heterocycles. The molecule has 21 heavy (non-hydrogen) atoms. The number of ketones is 1. The van der Waals surface area contributed by atoms with Crippen LogP contribution in [0.1, 0.15) is 15.9 Å². The molecule has 0 fully saturated rings. The highest BCUT2D eigenvalue weighted by Gasteiger charge is 2.15. The lowest BCUT2D eigenvalue weighted by Crippen LogP contribution is -2.29. The minimum atomic E-state index is -3.70. The van der Waals surface area contributed by atoms with Gasteiger partial charge >= 0.3 is 0 Å². The average Bonchev–Trinajstić information content (AvgIpc) is 2.53. The summed E-state index contributed by atoms with van der Waals surface area (Å²) in [5.41, 5.74) is 1.30. The van der Waals surface area contributed by atoms with Crippen LogP contribution in [0.3, 0.4) is 0 Å². The zero-order valence-electron chi connectivity index (χ0n) is 11.1. The molecule has 0 heterocycles. The lowest BCUT2D eigenvalue weighted by atomic mass is 10.1. The minimum absolute atomic E-state index is 0.109. The van der Waals surface area contributed by atoms with Gasteiger partial charge < -0.3 is 0 Å². The Labute approximate surface area is 128 Å². The normalized spacial score (nSPS) is 11.3. The Morgan fingerprint density at radius 2 is 1.62 bits per heavy atom. The van der Waals surface area contributed by atoms with E-state index in [0.29, 0.717) is 11.4 Å². The first-order valence-corrected chi connectivity index (χ1v) is 8.27. The van der Waals surface area contributed by atoms with Crippen LogP contribution in [0.5, 0.6) is 0 Å². The number of sulfonamides is 1. The van der Waals surface area contributed by atoms with Crippen molar-refractivity contribution in [1.29, 1.82) is 0 Å². The van der Waals surface area contributed by atoms with Crippen LogP contribution in [-0.4, -0.2) is 20.7 Å². The molecule has 0 saturated carbocycles. The van der Waals surface area contributed by atoms with E-state index in [4.69, 9.17) is 11.6 Å². The van der Waals surface area contributed by atoms with Gasteiger partial charge in [0.05, 0.1) is 11.4 Å². The Morgan fingerprint density at radius 3 is 2.19 bits per heavy atom. The summed E-state index contributed by atoms with van der Waals surface area (Å²) in [6.45, 7) is -0.274. The number of nitrogens with one attached hydrogen (secondary N) is 1. The van der Waals surface area contributed by atoms with Gasteiger partial charge in [-0.3, -0.25) is 4.79 Å². The van der Waals surface area contributed by atoms with Gasteiger partial charge in [0, 0.05) is 11.4 Å². The van der Waals surface area contributed by atoms with E-state index >= 15 is 0 Å². The van der Waals surface area contributed by atoms with Gasteiger partial charge in [-0.2, -0.15) is 0 Å². The highest BCUT2D eigenvalue weighted by atomic mass is 35.5. The Hall–Kier alpha value is -1.69. The molecule has 0 saturated heterocycles. The molecule has 0 spiro atoms. The van der Waals surface area contributed by atoms with Gasteiger partial charge in [0.1, 0.15) is 0 Å². The van der Waals surface area contributed by atoms with Gasteiger partial charge in [-0.25, -0.2) is 13.1 Å². The molecule has 1 N–H and O–H groups in total. The fourth-order valence-corrected chi connectivity index (χ4v) is 2.89. The highest BCUT2D eigenvalue weighted by Crippen LogP contribution is 2.12.